The maximum absolute atomic E-state index is 11.1. The van der Waals surface area contributed by atoms with Gasteiger partial charge < -0.3 is 19.3 Å². The monoisotopic (exact) mass is 254 g/mol. The lowest BCUT2D eigenvalue weighted by Crippen LogP contribution is -2.31. The third-order valence-electron chi connectivity index (χ3n) is 2.86. The molecule has 5 nitrogen and oxygen atoms in total. The average molecular weight is 254 g/mol. The number of aliphatic hydroxyl groups excluding tert-OH is 1. The van der Waals surface area contributed by atoms with E-state index in [9.17, 15) is 9.90 Å². The lowest BCUT2D eigenvalue weighted by Gasteiger charge is -2.21. The van der Waals surface area contributed by atoms with E-state index < -0.39 is 24.0 Å². The van der Waals surface area contributed by atoms with Crippen LogP contribution in [0.5, 0.6) is 0 Å². The fourth-order valence-electron chi connectivity index (χ4n) is 2.06. The van der Waals surface area contributed by atoms with E-state index in [4.69, 9.17) is 14.2 Å². The number of hydrogen-bond donors (Lipinski definition) is 1. The van der Waals surface area contributed by atoms with Crippen LogP contribution in [0.2, 0.25) is 0 Å². The van der Waals surface area contributed by atoms with Gasteiger partial charge in [-0.3, -0.25) is 0 Å². The van der Waals surface area contributed by atoms with Gasteiger partial charge in [0.15, 0.2) is 5.79 Å². The molecule has 0 spiro atoms. The summed E-state index contributed by atoms with van der Waals surface area (Å²) in [7, 11) is 0. The first kappa shape index (κ1) is 13.3. The van der Waals surface area contributed by atoms with Gasteiger partial charge in [-0.1, -0.05) is 6.08 Å². The maximum atomic E-state index is 11.1. The molecule has 0 saturated carbocycles. The second-order valence-corrected chi connectivity index (χ2v) is 4.94. The highest BCUT2D eigenvalue weighted by molar-refractivity contribution is 5.83. The number of carbonyl (C=O) groups is 1. The number of ether oxygens (including phenoxy) is 3. The highest BCUT2D eigenvalue weighted by Gasteiger charge is 2.37. The summed E-state index contributed by atoms with van der Waals surface area (Å²) in [5, 5.41) is 9.64. The van der Waals surface area contributed by atoms with Crippen LogP contribution >= 0.6 is 0 Å². The Morgan fingerprint density at radius 1 is 1.28 bits per heavy atom. The normalized spacial score (nSPS) is 39.2. The van der Waals surface area contributed by atoms with Crippen molar-refractivity contribution in [2.75, 3.05) is 0 Å². The van der Waals surface area contributed by atoms with Crippen LogP contribution in [0.3, 0.4) is 0 Å². The number of aliphatic hydroxyl groups is 1. The zero-order chi connectivity index (χ0) is 13.3. The van der Waals surface area contributed by atoms with Crippen LogP contribution in [-0.2, 0) is 19.0 Å². The van der Waals surface area contributed by atoms with Crippen molar-refractivity contribution in [3.8, 4) is 0 Å². The summed E-state index contributed by atoms with van der Waals surface area (Å²) in [6, 6.07) is 0. The molecule has 1 fully saturated rings. The van der Waals surface area contributed by atoms with E-state index in [0.717, 1.165) is 0 Å². The minimum Gasteiger partial charge on any atom is -0.452 e. The predicted molar refractivity (Wildman–Crippen MR) is 63.7 cm³/mol. The van der Waals surface area contributed by atoms with Crippen molar-refractivity contribution in [1.29, 1.82) is 0 Å². The standard InChI is InChI=1S/C13H18O5/c1-8-10(18-13(2,3)17-8)5-6-11-9(14)4-7-12(15)16-11/h4-11,14H,1-3H3/b6-5+/t8-,9-,10-,11+/m0/s1. The molecule has 2 aliphatic rings. The molecule has 5 heteroatoms. The summed E-state index contributed by atoms with van der Waals surface area (Å²) in [4.78, 5) is 11.1. The first-order valence-corrected chi connectivity index (χ1v) is 5.98. The van der Waals surface area contributed by atoms with Crippen LogP contribution in [-0.4, -0.2) is 41.3 Å². The lowest BCUT2D eigenvalue weighted by molar-refractivity contribution is -0.146. The molecule has 2 aliphatic heterocycles. The Morgan fingerprint density at radius 2 is 1.94 bits per heavy atom. The Hall–Kier alpha value is -1.17. The van der Waals surface area contributed by atoms with Crippen molar-refractivity contribution < 1.29 is 24.1 Å². The Balaban J connectivity index is 1.99. The van der Waals surface area contributed by atoms with Gasteiger partial charge >= 0.3 is 5.97 Å². The molecule has 0 radical (unpaired) electrons. The maximum Gasteiger partial charge on any atom is 0.331 e. The second kappa shape index (κ2) is 4.84. The molecular formula is C13H18O5. The molecule has 2 heterocycles. The second-order valence-electron chi connectivity index (χ2n) is 4.94. The van der Waals surface area contributed by atoms with Crippen LogP contribution in [0, 0.1) is 0 Å². The van der Waals surface area contributed by atoms with Gasteiger partial charge in [0.1, 0.15) is 18.3 Å². The molecule has 2 rings (SSSR count). The van der Waals surface area contributed by atoms with Gasteiger partial charge in [-0.05, 0) is 32.9 Å². The summed E-state index contributed by atoms with van der Waals surface area (Å²) in [5.41, 5.74) is 0. The summed E-state index contributed by atoms with van der Waals surface area (Å²) in [5.74, 6) is -1.07. The van der Waals surface area contributed by atoms with Crippen molar-refractivity contribution in [2.24, 2.45) is 0 Å². The fraction of sp³-hybridized carbons (Fsp3) is 0.615. The Kier molecular flexibility index (Phi) is 3.56. The highest BCUT2D eigenvalue weighted by atomic mass is 16.7. The zero-order valence-corrected chi connectivity index (χ0v) is 10.7. The van der Waals surface area contributed by atoms with Gasteiger partial charge in [-0.2, -0.15) is 0 Å². The lowest BCUT2D eigenvalue weighted by atomic mass is 10.1. The number of cyclic esters (lactones) is 1. The van der Waals surface area contributed by atoms with Gasteiger partial charge in [0, 0.05) is 6.08 Å². The van der Waals surface area contributed by atoms with Crippen molar-refractivity contribution in [3.05, 3.63) is 24.3 Å². The van der Waals surface area contributed by atoms with Crippen LogP contribution in [0.25, 0.3) is 0 Å². The van der Waals surface area contributed by atoms with Crippen molar-refractivity contribution in [1.82, 2.24) is 0 Å². The van der Waals surface area contributed by atoms with E-state index >= 15 is 0 Å². The molecule has 100 valence electrons. The van der Waals surface area contributed by atoms with Gasteiger partial charge in [-0.15, -0.1) is 0 Å². The Morgan fingerprint density at radius 3 is 2.56 bits per heavy atom. The van der Waals surface area contributed by atoms with Crippen molar-refractivity contribution in [2.45, 2.75) is 51.0 Å². The molecule has 0 bridgehead atoms. The SMILES string of the molecule is C[C@@H]1OC(C)(C)O[C@H]1/C=C/[C@H]1OC(=O)C=C[C@@H]1O. The molecule has 0 aliphatic carbocycles. The molecular weight excluding hydrogens is 236 g/mol. The Labute approximate surface area is 106 Å². The van der Waals surface area contributed by atoms with Crippen molar-refractivity contribution in [3.63, 3.8) is 0 Å². The molecule has 0 unspecified atom stereocenters. The molecule has 1 N–H and O–H groups in total. The molecule has 18 heavy (non-hydrogen) atoms. The molecule has 0 aromatic rings. The topological polar surface area (TPSA) is 65.0 Å². The molecule has 0 aromatic carbocycles. The summed E-state index contributed by atoms with van der Waals surface area (Å²) in [6.45, 7) is 5.60. The number of esters is 1. The minimum atomic E-state index is -0.815. The molecule has 0 amide bonds. The quantitative estimate of drug-likeness (QED) is 0.586. The van der Waals surface area contributed by atoms with E-state index in [1.54, 1.807) is 12.2 Å². The first-order valence-electron chi connectivity index (χ1n) is 5.98. The van der Waals surface area contributed by atoms with Gasteiger partial charge in [0.05, 0.1) is 6.10 Å². The van der Waals surface area contributed by atoms with Gasteiger partial charge in [0.25, 0.3) is 0 Å². The van der Waals surface area contributed by atoms with Gasteiger partial charge in [0.2, 0.25) is 0 Å². The number of rotatable bonds is 2. The summed E-state index contributed by atoms with van der Waals surface area (Å²) >= 11 is 0. The van der Waals surface area contributed by atoms with E-state index in [0.29, 0.717) is 0 Å². The third-order valence-corrected chi connectivity index (χ3v) is 2.86. The van der Waals surface area contributed by atoms with Crippen LogP contribution in [0.15, 0.2) is 24.3 Å². The number of carbonyl (C=O) groups excluding carboxylic acids is 1. The molecule has 1 saturated heterocycles. The van der Waals surface area contributed by atoms with Crippen LogP contribution in [0.4, 0.5) is 0 Å². The summed E-state index contributed by atoms with van der Waals surface area (Å²) in [6.07, 6.45) is 4.26. The van der Waals surface area contributed by atoms with E-state index in [1.807, 2.05) is 20.8 Å². The molecule has 0 aromatic heterocycles. The summed E-state index contributed by atoms with van der Waals surface area (Å²) < 4.78 is 16.2. The largest absolute Gasteiger partial charge is 0.452 e. The third kappa shape index (κ3) is 2.98. The number of hydrogen-bond acceptors (Lipinski definition) is 5. The zero-order valence-electron chi connectivity index (χ0n) is 10.7. The predicted octanol–water partition coefficient (Wildman–Crippen LogP) is 0.925. The van der Waals surface area contributed by atoms with E-state index in [1.165, 1.54) is 12.2 Å². The molecule has 4 atom stereocenters. The highest BCUT2D eigenvalue weighted by Crippen LogP contribution is 2.28. The smallest absolute Gasteiger partial charge is 0.331 e. The van der Waals surface area contributed by atoms with E-state index in [-0.39, 0.29) is 12.2 Å². The minimum absolute atomic E-state index is 0.0803. The van der Waals surface area contributed by atoms with Crippen LogP contribution < -0.4 is 0 Å². The fourth-order valence-corrected chi connectivity index (χ4v) is 2.06. The van der Waals surface area contributed by atoms with E-state index in [2.05, 4.69) is 0 Å². The Bertz CT molecular complexity index is 385. The first-order chi connectivity index (χ1) is 8.37. The average Bonchev–Trinajstić information content (AvgIpc) is 2.53. The van der Waals surface area contributed by atoms with Gasteiger partial charge in [-0.25, -0.2) is 4.79 Å². The van der Waals surface area contributed by atoms with Crippen molar-refractivity contribution >= 4 is 5.97 Å². The van der Waals surface area contributed by atoms with Crippen LogP contribution in [0.1, 0.15) is 20.8 Å².